The van der Waals surface area contributed by atoms with E-state index in [1.165, 1.54) is 0 Å². The number of alkyl halides is 7. The van der Waals surface area contributed by atoms with Gasteiger partial charge in [0.25, 0.3) is 4.21 Å². The van der Waals surface area contributed by atoms with Crippen molar-refractivity contribution < 1.29 is 35.1 Å². The fourth-order valence-corrected chi connectivity index (χ4v) is 0.728. The van der Waals surface area contributed by atoms with Gasteiger partial charge in [0, 0.05) is 0 Å². The minimum atomic E-state index is -6.11. The number of halogens is 7. The van der Waals surface area contributed by atoms with E-state index in [1.54, 1.807) is 0 Å². The monoisotopic (exact) mass is 249 g/mol. The lowest BCUT2D eigenvalue weighted by molar-refractivity contribution is -0.241. The highest BCUT2D eigenvalue weighted by Gasteiger charge is 2.71. The van der Waals surface area contributed by atoms with Gasteiger partial charge in [-0.15, -0.1) is 0 Å². The van der Waals surface area contributed by atoms with Gasteiger partial charge >= 0.3 is 12.4 Å². The van der Waals surface area contributed by atoms with Gasteiger partial charge in [-0.05, 0) is 11.1 Å². The highest BCUT2D eigenvalue weighted by atomic mass is 35.5. The van der Waals surface area contributed by atoms with E-state index in [-0.39, 0.29) is 0 Å². The number of hydrogen-bond donors (Lipinski definition) is 0. The zero-order valence-corrected chi connectivity index (χ0v) is 6.94. The Labute approximate surface area is 75.1 Å². The van der Waals surface area contributed by atoms with Crippen molar-refractivity contribution in [3.63, 3.8) is 0 Å². The van der Waals surface area contributed by atoms with Gasteiger partial charge in [0.1, 0.15) is 0 Å². The largest absolute Gasteiger partial charge is 0.771 e. The Morgan fingerprint density at radius 3 is 1.23 bits per heavy atom. The molecule has 2 nitrogen and oxygen atoms in total. The Balaban J connectivity index is 5.35. The van der Waals surface area contributed by atoms with Crippen LogP contribution < -0.4 is 0 Å². The third-order valence-corrected chi connectivity index (χ3v) is 2.69. The van der Waals surface area contributed by atoms with Crippen LogP contribution >= 0.6 is 11.6 Å². The Morgan fingerprint density at radius 2 is 1.23 bits per heavy atom. The van der Waals surface area contributed by atoms with Crippen LogP contribution in [0.2, 0.25) is 0 Å². The summed E-state index contributed by atoms with van der Waals surface area (Å²) < 4.78 is 83.9. The van der Waals surface area contributed by atoms with Crippen molar-refractivity contribution in [2.24, 2.45) is 0 Å². The van der Waals surface area contributed by atoms with E-state index in [1.807, 2.05) is 0 Å². The van der Waals surface area contributed by atoms with Crippen LogP contribution in [-0.2, 0) is 11.1 Å². The summed E-state index contributed by atoms with van der Waals surface area (Å²) in [6, 6.07) is 0. The van der Waals surface area contributed by atoms with Crippen LogP contribution in [0.3, 0.4) is 0 Å². The van der Waals surface area contributed by atoms with E-state index < -0.39 is 27.6 Å². The van der Waals surface area contributed by atoms with Crippen molar-refractivity contribution in [1.29, 1.82) is 0 Å². The first-order valence-electron chi connectivity index (χ1n) is 2.36. The molecular weight excluding hydrogens is 250 g/mol. The standard InChI is InChI=1S/C3HClF6O2S/c4-1(13(11)12,2(5,6)7)3(8,9)10/h(H,11,12)/p-1. The van der Waals surface area contributed by atoms with Crippen molar-refractivity contribution in [1.82, 2.24) is 0 Å². The van der Waals surface area contributed by atoms with Crippen molar-refractivity contribution in [3.8, 4) is 0 Å². The Morgan fingerprint density at radius 1 is 1.00 bits per heavy atom. The summed E-state index contributed by atoms with van der Waals surface area (Å²) >= 11 is -0.579. The molecule has 0 aromatic heterocycles. The molecular formula is C3ClF6O2S-. The topological polar surface area (TPSA) is 40.1 Å². The third-order valence-electron chi connectivity index (χ3n) is 0.959. The first kappa shape index (κ1) is 13.0. The lowest BCUT2D eigenvalue weighted by Crippen LogP contribution is -2.55. The van der Waals surface area contributed by atoms with Gasteiger partial charge in [0.2, 0.25) is 0 Å². The van der Waals surface area contributed by atoms with Gasteiger partial charge in [0.05, 0.1) is 0 Å². The highest BCUT2D eigenvalue weighted by molar-refractivity contribution is 7.82. The molecule has 0 saturated carbocycles. The summed E-state index contributed by atoms with van der Waals surface area (Å²) in [5.41, 5.74) is 0. The van der Waals surface area contributed by atoms with Crippen LogP contribution in [-0.4, -0.2) is 25.3 Å². The number of hydrogen-bond acceptors (Lipinski definition) is 2. The van der Waals surface area contributed by atoms with Crippen molar-refractivity contribution >= 4 is 22.7 Å². The molecule has 0 aliphatic carbocycles. The zero-order valence-electron chi connectivity index (χ0n) is 5.37. The minimum Gasteiger partial charge on any atom is -0.771 e. The summed E-state index contributed by atoms with van der Waals surface area (Å²) in [5.74, 6) is 0. The first-order chi connectivity index (χ1) is 5.44. The Hall–Kier alpha value is -0.0200. The van der Waals surface area contributed by atoms with Crippen LogP contribution in [0.4, 0.5) is 26.3 Å². The van der Waals surface area contributed by atoms with E-state index in [4.69, 9.17) is 0 Å². The summed E-state index contributed by atoms with van der Waals surface area (Å²) in [5, 5.41) is 0. The van der Waals surface area contributed by atoms with E-state index in [9.17, 15) is 35.1 Å². The zero-order chi connectivity index (χ0) is 11.1. The molecule has 10 heteroatoms. The smallest absolute Gasteiger partial charge is 0.427 e. The molecule has 0 spiro atoms. The molecule has 0 heterocycles. The second-order valence-corrected chi connectivity index (χ2v) is 3.70. The summed E-state index contributed by atoms with van der Waals surface area (Å²) in [7, 11) is 0. The van der Waals surface area contributed by atoms with Crippen LogP contribution in [0.1, 0.15) is 0 Å². The van der Waals surface area contributed by atoms with Crippen molar-refractivity contribution in [3.05, 3.63) is 0 Å². The van der Waals surface area contributed by atoms with Crippen LogP contribution in [0, 0.1) is 0 Å². The molecule has 80 valence electrons. The van der Waals surface area contributed by atoms with Gasteiger partial charge in [-0.25, -0.2) is 0 Å². The third kappa shape index (κ3) is 2.08. The number of rotatable bonds is 1. The molecule has 0 aliphatic rings. The van der Waals surface area contributed by atoms with Gasteiger partial charge < -0.3 is 4.55 Å². The molecule has 0 amide bonds. The van der Waals surface area contributed by atoms with E-state index in [0.29, 0.717) is 0 Å². The molecule has 0 bridgehead atoms. The molecule has 0 rings (SSSR count). The molecule has 1 atom stereocenters. The molecule has 0 radical (unpaired) electrons. The average Bonchev–Trinajstić information content (AvgIpc) is 1.80. The van der Waals surface area contributed by atoms with Gasteiger partial charge in [0.15, 0.2) is 0 Å². The van der Waals surface area contributed by atoms with E-state index in [2.05, 4.69) is 11.6 Å². The molecule has 0 aromatic carbocycles. The Kier molecular flexibility index (Phi) is 3.28. The van der Waals surface area contributed by atoms with E-state index >= 15 is 0 Å². The van der Waals surface area contributed by atoms with Crippen LogP contribution in [0.15, 0.2) is 0 Å². The maximum absolute atomic E-state index is 11.6. The van der Waals surface area contributed by atoms with Gasteiger partial charge in [-0.1, -0.05) is 11.6 Å². The lowest BCUT2D eigenvalue weighted by atomic mass is 10.4. The van der Waals surface area contributed by atoms with Gasteiger partial charge in [-0.2, -0.15) is 26.3 Å². The van der Waals surface area contributed by atoms with Crippen LogP contribution in [0.25, 0.3) is 0 Å². The predicted octanol–water partition coefficient (Wildman–Crippen LogP) is 1.93. The normalized spacial score (nSPS) is 17.2. The summed E-state index contributed by atoms with van der Waals surface area (Å²) in [6.45, 7) is 0. The maximum atomic E-state index is 11.6. The van der Waals surface area contributed by atoms with E-state index in [0.717, 1.165) is 0 Å². The summed E-state index contributed by atoms with van der Waals surface area (Å²) in [4.78, 5) is 0. The second-order valence-electron chi connectivity index (χ2n) is 1.83. The molecule has 0 saturated heterocycles. The SMILES string of the molecule is O=S([O-])C(Cl)(C(F)(F)F)C(F)(F)F. The van der Waals surface area contributed by atoms with Crippen molar-refractivity contribution in [2.75, 3.05) is 0 Å². The lowest BCUT2D eigenvalue weighted by Gasteiger charge is -2.32. The molecule has 0 N–H and O–H groups in total. The predicted molar refractivity (Wildman–Crippen MR) is 29.6 cm³/mol. The highest BCUT2D eigenvalue weighted by Crippen LogP contribution is 2.49. The molecule has 0 fully saturated rings. The second kappa shape index (κ2) is 3.28. The van der Waals surface area contributed by atoms with Crippen molar-refractivity contribution in [2.45, 2.75) is 16.6 Å². The first-order valence-corrected chi connectivity index (χ1v) is 3.81. The molecule has 13 heavy (non-hydrogen) atoms. The minimum absolute atomic E-state index is 3.96. The molecule has 0 aromatic rings. The van der Waals surface area contributed by atoms with Gasteiger partial charge in [-0.3, -0.25) is 4.21 Å². The average molecular weight is 250 g/mol. The molecule has 1 unspecified atom stereocenters. The molecule has 0 aliphatic heterocycles. The van der Waals surface area contributed by atoms with Crippen LogP contribution in [0.5, 0.6) is 0 Å². The Bertz CT molecular complexity index is 207. The maximum Gasteiger partial charge on any atom is 0.427 e. The quantitative estimate of drug-likeness (QED) is 0.405. The summed E-state index contributed by atoms with van der Waals surface area (Å²) in [6.07, 6.45) is -12.2. The fourth-order valence-electron chi connectivity index (χ4n) is 0.350. The fraction of sp³-hybridized carbons (Fsp3) is 1.00.